The third kappa shape index (κ3) is 2.76. The second-order valence-electron chi connectivity index (χ2n) is 3.40. The summed E-state index contributed by atoms with van der Waals surface area (Å²) in [4.78, 5) is 11.6. The lowest BCUT2D eigenvalue weighted by molar-refractivity contribution is 0.520. The minimum absolute atomic E-state index is 0.401. The number of halogens is 2. The van der Waals surface area contributed by atoms with Crippen molar-refractivity contribution in [2.75, 3.05) is 0 Å². The summed E-state index contributed by atoms with van der Waals surface area (Å²) in [5, 5.41) is 0.641. The van der Waals surface area contributed by atoms with E-state index in [9.17, 15) is 4.79 Å². The Balaban J connectivity index is 2.56. The molecule has 0 atom stereocenters. The molecule has 1 aromatic heterocycles. The molecule has 0 radical (unpaired) electrons. The smallest absolute Gasteiger partial charge is 0.350 e. The Morgan fingerprint density at radius 2 is 1.94 bits per heavy atom. The van der Waals surface area contributed by atoms with Gasteiger partial charge in [-0.3, -0.25) is 0 Å². The molecule has 17 heavy (non-hydrogen) atoms. The van der Waals surface area contributed by atoms with Crippen molar-refractivity contribution >= 4 is 40.2 Å². The number of rotatable bonds is 2. The molecule has 0 unspecified atom stereocenters. The van der Waals surface area contributed by atoms with Crippen molar-refractivity contribution in [2.24, 2.45) is 0 Å². The summed E-state index contributed by atoms with van der Waals surface area (Å²) in [5.74, 6) is 0.978. The van der Waals surface area contributed by atoms with Gasteiger partial charge in [0.25, 0.3) is 0 Å². The highest BCUT2D eigenvalue weighted by Crippen LogP contribution is 2.24. The van der Waals surface area contributed by atoms with E-state index in [-0.39, 0.29) is 0 Å². The van der Waals surface area contributed by atoms with E-state index in [1.54, 1.807) is 30.3 Å². The molecule has 2 aromatic rings. The molecule has 0 saturated carbocycles. The van der Waals surface area contributed by atoms with Crippen LogP contribution >= 0.6 is 40.2 Å². The molecule has 0 N–H and O–H groups in total. The van der Waals surface area contributed by atoms with Crippen LogP contribution in [0.4, 0.5) is 0 Å². The Labute approximate surface area is 117 Å². The Morgan fingerprint density at radius 3 is 2.53 bits per heavy atom. The fourth-order valence-corrected chi connectivity index (χ4v) is 2.33. The quantitative estimate of drug-likeness (QED) is 0.838. The monoisotopic (exact) mass is 330 g/mol. The van der Waals surface area contributed by atoms with Gasteiger partial charge in [-0.2, -0.15) is 12.6 Å². The van der Waals surface area contributed by atoms with Gasteiger partial charge in [-0.15, -0.1) is 0 Å². The van der Waals surface area contributed by atoms with Crippen LogP contribution in [-0.4, -0.2) is 0 Å². The Kier molecular flexibility index (Phi) is 3.97. The zero-order valence-electron chi connectivity index (χ0n) is 8.61. The molecular formula is C12H8BrClO2S. The van der Waals surface area contributed by atoms with Crippen LogP contribution in [0.5, 0.6) is 0 Å². The van der Waals surface area contributed by atoms with Crippen molar-refractivity contribution in [1.82, 2.24) is 0 Å². The van der Waals surface area contributed by atoms with E-state index in [0.29, 0.717) is 21.0 Å². The van der Waals surface area contributed by atoms with Crippen LogP contribution in [-0.2, 0) is 5.75 Å². The van der Waals surface area contributed by atoms with Crippen LogP contribution in [0.3, 0.4) is 0 Å². The second kappa shape index (κ2) is 5.29. The highest BCUT2D eigenvalue weighted by molar-refractivity contribution is 9.10. The molecule has 0 aliphatic carbocycles. The van der Waals surface area contributed by atoms with Crippen molar-refractivity contribution < 1.29 is 4.42 Å². The maximum atomic E-state index is 11.6. The van der Waals surface area contributed by atoms with Crippen LogP contribution < -0.4 is 5.63 Å². The van der Waals surface area contributed by atoms with Gasteiger partial charge < -0.3 is 4.42 Å². The first-order valence-corrected chi connectivity index (χ1v) is 6.61. The van der Waals surface area contributed by atoms with E-state index >= 15 is 0 Å². The van der Waals surface area contributed by atoms with Gasteiger partial charge in [0.2, 0.25) is 0 Å². The molecule has 0 bridgehead atoms. The first kappa shape index (κ1) is 12.7. The molecule has 0 saturated heterocycles. The molecule has 5 heteroatoms. The fourth-order valence-electron chi connectivity index (χ4n) is 1.40. The molecule has 2 rings (SSSR count). The average molecular weight is 332 g/mol. The van der Waals surface area contributed by atoms with E-state index in [2.05, 4.69) is 28.6 Å². The molecule has 0 amide bonds. The lowest BCUT2D eigenvalue weighted by Gasteiger charge is -2.04. The number of hydrogen-bond donors (Lipinski definition) is 1. The van der Waals surface area contributed by atoms with Gasteiger partial charge in [-0.1, -0.05) is 11.6 Å². The minimum atomic E-state index is -0.401. The Bertz CT molecular complexity index is 592. The van der Waals surface area contributed by atoms with Gasteiger partial charge in [0.1, 0.15) is 10.2 Å². The zero-order valence-corrected chi connectivity index (χ0v) is 11.8. The molecule has 88 valence electrons. The minimum Gasteiger partial charge on any atom is -0.422 e. The van der Waals surface area contributed by atoms with Gasteiger partial charge in [-0.25, -0.2) is 4.79 Å². The lowest BCUT2D eigenvalue weighted by atomic mass is 10.1. The van der Waals surface area contributed by atoms with Gasteiger partial charge in [-0.05, 0) is 51.8 Å². The number of hydrogen-bond acceptors (Lipinski definition) is 3. The normalized spacial score (nSPS) is 10.5. The average Bonchev–Trinajstić information content (AvgIpc) is 2.33. The van der Waals surface area contributed by atoms with E-state index in [1.165, 1.54) is 0 Å². The molecule has 1 aromatic carbocycles. The van der Waals surface area contributed by atoms with Crippen molar-refractivity contribution in [3.05, 3.63) is 55.8 Å². The molecule has 0 fully saturated rings. The second-order valence-corrected chi connectivity index (χ2v) is 4.95. The standard InChI is InChI=1S/C12H8BrClO2S/c13-11-8(6-17)5-10(16-12(11)15)7-1-3-9(14)4-2-7/h1-5,17H,6H2. The molecule has 0 spiro atoms. The van der Waals surface area contributed by atoms with E-state index in [1.807, 2.05) is 0 Å². The molecule has 0 aliphatic heterocycles. The molecule has 0 aliphatic rings. The lowest BCUT2D eigenvalue weighted by Crippen LogP contribution is -2.03. The Morgan fingerprint density at radius 1 is 1.29 bits per heavy atom. The van der Waals surface area contributed by atoms with Crippen LogP contribution in [0.15, 0.2) is 44.0 Å². The van der Waals surface area contributed by atoms with Gasteiger partial charge in [0.05, 0.1) is 0 Å². The summed E-state index contributed by atoms with van der Waals surface area (Å²) >= 11 is 13.2. The van der Waals surface area contributed by atoms with E-state index in [4.69, 9.17) is 16.0 Å². The molecule has 2 nitrogen and oxygen atoms in total. The van der Waals surface area contributed by atoms with Crippen molar-refractivity contribution in [3.63, 3.8) is 0 Å². The van der Waals surface area contributed by atoms with Gasteiger partial charge >= 0.3 is 5.63 Å². The Hall–Kier alpha value is -0.710. The summed E-state index contributed by atoms with van der Waals surface area (Å²) in [6.07, 6.45) is 0. The highest BCUT2D eigenvalue weighted by Gasteiger charge is 2.09. The SMILES string of the molecule is O=c1oc(-c2ccc(Cl)cc2)cc(CS)c1Br. The molecule has 1 heterocycles. The van der Waals surface area contributed by atoms with Crippen LogP contribution in [0.2, 0.25) is 5.02 Å². The van der Waals surface area contributed by atoms with Gasteiger partial charge in [0, 0.05) is 16.3 Å². The van der Waals surface area contributed by atoms with E-state index < -0.39 is 5.63 Å². The summed E-state index contributed by atoms with van der Waals surface area (Å²) in [5.41, 5.74) is 1.21. The number of benzene rings is 1. The summed E-state index contributed by atoms with van der Waals surface area (Å²) in [7, 11) is 0. The predicted octanol–water partition coefficient (Wildman–Crippen LogP) is 4.15. The predicted molar refractivity (Wildman–Crippen MR) is 75.8 cm³/mol. The van der Waals surface area contributed by atoms with Crippen LogP contribution in [0.25, 0.3) is 11.3 Å². The summed E-state index contributed by atoms with van der Waals surface area (Å²) in [6.45, 7) is 0. The van der Waals surface area contributed by atoms with Crippen molar-refractivity contribution in [2.45, 2.75) is 5.75 Å². The zero-order chi connectivity index (χ0) is 12.4. The third-order valence-corrected chi connectivity index (χ3v) is 3.69. The first-order valence-electron chi connectivity index (χ1n) is 4.81. The van der Waals surface area contributed by atoms with Gasteiger partial charge in [0.15, 0.2) is 0 Å². The van der Waals surface area contributed by atoms with E-state index in [0.717, 1.165) is 11.1 Å². The maximum absolute atomic E-state index is 11.6. The topological polar surface area (TPSA) is 30.2 Å². The third-order valence-electron chi connectivity index (χ3n) is 2.27. The van der Waals surface area contributed by atoms with Crippen LogP contribution in [0.1, 0.15) is 5.56 Å². The largest absolute Gasteiger partial charge is 0.422 e. The van der Waals surface area contributed by atoms with Crippen molar-refractivity contribution in [1.29, 1.82) is 0 Å². The summed E-state index contributed by atoms with van der Waals surface area (Å²) in [6, 6.07) is 8.90. The van der Waals surface area contributed by atoms with Crippen molar-refractivity contribution in [3.8, 4) is 11.3 Å². The van der Waals surface area contributed by atoms with Crippen LogP contribution in [0, 0.1) is 0 Å². The molecular weight excluding hydrogens is 324 g/mol. The fraction of sp³-hybridized carbons (Fsp3) is 0.0833. The maximum Gasteiger partial charge on any atom is 0.350 e. The first-order chi connectivity index (χ1) is 8.11. The number of thiol groups is 1. The summed E-state index contributed by atoms with van der Waals surface area (Å²) < 4.78 is 5.62. The highest BCUT2D eigenvalue weighted by atomic mass is 79.9.